The number of nitrogens with zero attached hydrogens (tertiary/aromatic N) is 2. The van der Waals surface area contributed by atoms with Gasteiger partial charge in [-0.15, -0.1) is 0 Å². The van der Waals surface area contributed by atoms with Crippen molar-refractivity contribution in [3.8, 4) is 0 Å². The van der Waals surface area contributed by atoms with Gasteiger partial charge in [-0.1, -0.05) is 25.3 Å². The van der Waals surface area contributed by atoms with Crippen LogP contribution in [-0.2, 0) is 16.1 Å². The third-order valence-electron chi connectivity index (χ3n) is 5.29. The van der Waals surface area contributed by atoms with Crippen LogP contribution < -0.4 is 5.32 Å². The molecule has 1 aromatic rings. The fourth-order valence-corrected chi connectivity index (χ4v) is 3.84. The van der Waals surface area contributed by atoms with Crippen molar-refractivity contribution >= 4 is 11.8 Å². The molecule has 1 N–H and O–H groups in total. The number of carbonyl (C=O) groups is 2. The number of aromatic nitrogens is 1. The molecule has 25 heavy (non-hydrogen) atoms. The van der Waals surface area contributed by atoms with Gasteiger partial charge in [0.05, 0.1) is 6.54 Å². The van der Waals surface area contributed by atoms with E-state index < -0.39 is 11.6 Å². The Bertz CT molecular complexity index is 604. The number of hydrogen-bond donors (Lipinski definition) is 1. The SMILES string of the molecule is O=C(C1CCCCC1)N1CCCC(F)(C(=O)NCc2cccnc2)C1. The number of piperidine rings is 1. The highest BCUT2D eigenvalue weighted by atomic mass is 19.1. The molecule has 6 heteroatoms. The van der Waals surface area contributed by atoms with Gasteiger partial charge in [0.25, 0.3) is 5.91 Å². The van der Waals surface area contributed by atoms with Crippen molar-refractivity contribution in [1.82, 2.24) is 15.2 Å². The van der Waals surface area contributed by atoms with Gasteiger partial charge >= 0.3 is 0 Å². The molecule has 0 aromatic carbocycles. The number of pyridine rings is 1. The molecule has 1 atom stereocenters. The third-order valence-corrected chi connectivity index (χ3v) is 5.29. The minimum absolute atomic E-state index is 0.00885. The molecule has 1 aliphatic carbocycles. The summed E-state index contributed by atoms with van der Waals surface area (Å²) in [5, 5.41) is 2.66. The molecular weight excluding hydrogens is 321 g/mol. The van der Waals surface area contributed by atoms with Gasteiger partial charge in [0, 0.05) is 31.4 Å². The summed E-state index contributed by atoms with van der Waals surface area (Å²) in [5.41, 5.74) is -1.17. The summed E-state index contributed by atoms with van der Waals surface area (Å²) in [5.74, 6) is -0.589. The molecule has 2 amide bonds. The Hall–Kier alpha value is -1.98. The molecule has 1 saturated carbocycles. The quantitative estimate of drug-likeness (QED) is 0.911. The van der Waals surface area contributed by atoms with Gasteiger partial charge in [-0.25, -0.2) is 4.39 Å². The lowest BCUT2D eigenvalue weighted by molar-refractivity contribution is -0.146. The van der Waals surface area contributed by atoms with Gasteiger partial charge in [-0.05, 0) is 37.3 Å². The van der Waals surface area contributed by atoms with Crippen LogP contribution in [0.2, 0.25) is 0 Å². The number of nitrogens with one attached hydrogen (secondary N) is 1. The first kappa shape index (κ1) is 17.8. The largest absolute Gasteiger partial charge is 0.349 e. The average molecular weight is 347 g/mol. The summed E-state index contributed by atoms with van der Waals surface area (Å²) in [6.07, 6.45) is 9.07. The third kappa shape index (κ3) is 4.35. The molecule has 3 rings (SSSR count). The van der Waals surface area contributed by atoms with Crippen LogP contribution in [-0.4, -0.2) is 40.5 Å². The summed E-state index contributed by atoms with van der Waals surface area (Å²) in [4.78, 5) is 30.6. The van der Waals surface area contributed by atoms with Gasteiger partial charge < -0.3 is 10.2 Å². The monoisotopic (exact) mass is 347 g/mol. The van der Waals surface area contributed by atoms with Crippen molar-refractivity contribution in [2.24, 2.45) is 5.92 Å². The Labute approximate surface area is 148 Å². The van der Waals surface area contributed by atoms with Gasteiger partial charge in [0.1, 0.15) is 0 Å². The minimum Gasteiger partial charge on any atom is -0.349 e. The Morgan fingerprint density at radius 3 is 2.80 bits per heavy atom. The van der Waals surface area contributed by atoms with Crippen molar-refractivity contribution in [3.63, 3.8) is 0 Å². The minimum atomic E-state index is -2.00. The number of amides is 2. The first-order valence-electron chi connectivity index (χ1n) is 9.23. The summed E-state index contributed by atoms with van der Waals surface area (Å²) in [6, 6.07) is 3.61. The molecule has 2 heterocycles. The predicted octanol–water partition coefficient (Wildman–Crippen LogP) is 2.61. The Kier molecular flexibility index (Phi) is 5.66. The first-order chi connectivity index (χ1) is 12.1. The highest BCUT2D eigenvalue weighted by Gasteiger charge is 2.44. The number of carbonyl (C=O) groups excluding carboxylic acids is 2. The fraction of sp³-hybridized carbons (Fsp3) is 0.632. The Morgan fingerprint density at radius 2 is 2.08 bits per heavy atom. The van der Waals surface area contributed by atoms with Crippen LogP contribution in [0, 0.1) is 5.92 Å². The lowest BCUT2D eigenvalue weighted by Gasteiger charge is -2.38. The van der Waals surface area contributed by atoms with E-state index in [0.717, 1.165) is 31.2 Å². The second-order valence-electron chi connectivity index (χ2n) is 7.21. The first-order valence-corrected chi connectivity index (χ1v) is 9.23. The zero-order chi connectivity index (χ0) is 17.7. The van der Waals surface area contributed by atoms with E-state index in [0.29, 0.717) is 13.0 Å². The topological polar surface area (TPSA) is 62.3 Å². The predicted molar refractivity (Wildman–Crippen MR) is 92.3 cm³/mol. The lowest BCUT2D eigenvalue weighted by atomic mass is 9.86. The number of halogens is 1. The molecule has 1 aromatic heterocycles. The van der Waals surface area contributed by atoms with Crippen LogP contribution in [0.5, 0.6) is 0 Å². The Morgan fingerprint density at radius 1 is 1.28 bits per heavy atom. The summed E-state index contributed by atoms with van der Waals surface area (Å²) < 4.78 is 15.2. The van der Waals surface area contributed by atoms with E-state index >= 15 is 4.39 Å². The number of rotatable bonds is 4. The van der Waals surface area contributed by atoms with Crippen LogP contribution in [0.1, 0.15) is 50.5 Å². The highest BCUT2D eigenvalue weighted by Crippen LogP contribution is 2.30. The van der Waals surface area contributed by atoms with E-state index in [1.54, 1.807) is 23.4 Å². The molecule has 136 valence electrons. The van der Waals surface area contributed by atoms with E-state index in [2.05, 4.69) is 10.3 Å². The molecular formula is C19H26FN3O2. The molecule has 2 fully saturated rings. The maximum absolute atomic E-state index is 15.2. The highest BCUT2D eigenvalue weighted by molar-refractivity contribution is 5.87. The van der Waals surface area contributed by atoms with Crippen molar-refractivity contribution in [2.45, 2.75) is 57.2 Å². The van der Waals surface area contributed by atoms with Crippen LogP contribution in [0.25, 0.3) is 0 Å². The van der Waals surface area contributed by atoms with Crippen LogP contribution in [0.15, 0.2) is 24.5 Å². The van der Waals surface area contributed by atoms with Gasteiger partial charge in [0.2, 0.25) is 11.6 Å². The van der Waals surface area contributed by atoms with E-state index in [9.17, 15) is 9.59 Å². The van der Waals surface area contributed by atoms with Gasteiger partial charge in [-0.2, -0.15) is 0 Å². The maximum Gasteiger partial charge on any atom is 0.259 e. The molecule has 1 aliphatic heterocycles. The molecule has 2 aliphatic rings. The summed E-state index contributed by atoms with van der Waals surface area (Å²) >= 11 is 0. The molecule has 0 radical (unpaired) electrons. The summed E-state index contributed by atoms with van der Waals surface area (Å²) in [7, 11) is 0. The standard InChI is InChI=1S/C19H26FN3O2/c20-19(18(25)22-13-15-6-4-10-21-12-15)9-5-11-23(14-19)17(24)16-7-2-1-3-8-16/h4,6,10,12,16H,1-3,5,7-9,11,13-14H2,(H,22,25). The van der Waals surface area contributed by atoms with Crippen LogP contribution >= 0.6 is 0 Å². The van der Waals surface area contributed by atoms with E-state index in [-0.39, 0.29) is 31.3 Å². The Balaban J connectivity index is 1.58. The average Bonchev–Trinajstić information content (AvgIpc) is 2.67. The molecule has 1 unspecified atom stereocenters. The van der Waals surface area contributed by atoms with E-state index in [1.165, 1.54) is 6.42 Å². The zero-order valence-corrected chi connectivity index (χ0v) is 14.5. The number of hydrogen-bond acceptors (Lipinski definition) is 3. The lowest BCUT2D eigenvalue weighted by Crippen LogP contribution is -2.56. The maximum atomic E-state index is 15.2. The van der Waals surface area contributed by atoms with Crippen molar-refractivity contribution < 1.29 is 14.0 Å². The number of likely N-dealkylation sites (tertiary alicyclic amines) is 1. The van der Waals surface area contributed by atoms with Gasteiger partial charge in [-0.3, -0.25) is 14.6 Å². The van der Waals surface area contributed by atoms with Crippen molar-refractivity contribution in [3.05, 3.63) is 30.1 Å². The van der Waals surface area contributed by atoms with Crippen LogP contribution in [0.4, 0.5) is 4.39 Å². The van der Waals surface area contributed by atoms with Crippen molar-refractivity contribution in [1.29, 1.82) is 0 Å². The summed E-state index contributed by atoms with van der Waals surface area (Å²) in [6.45, 7) is 0.674. The van der Waals surface area contributed by atoms with Gasteiger partial charge in [0.15, 0.2) is 0 Å². The van der Waals surface area contributed by atoms with Crippen LogP contribution in [0.3, 0.4) is 0 Å². The molecule has 1 saturated heterocycles. The second kappa shape index (κ2) is 7.93. The van der Waals surface area contributed by atoms with Crippen molar-refractivity contribution in [2.75, 3.05) is 13.1 Å². The second-order valence-corrected chi connectivity index (χ2v) is 7.21. The molecule has 0 spiro atoms. The smallest absolute Gasteiger partial charge is 0.259 e. The zero-order valence-electron chi connectivity index (χ0n) is 14.5. The van der Waals surface area contributed by atoms with E-state index in [1.807, 2.05) is 6.07 Å². The fourth-order valence-electron chi connectivity index (χ4n) is 3.84. The molecule has 5 nitrogen and oxygen atoms in total. The number of alkyl halides is 1. The van der Waals surface area contributed by atoms with E-state index in [4.69, 9.17) is 0 Å². The molecule has 0 bridgehead atoms. The normalized spacial score (nSPS) is 24.8.